The summed E-state index contributed by atoms with van der Waals surface area (Å²) in [6.07, 6.45) is 0. The van der Waals surface area contributed by atoms with Crippen molar-refractivity contribution < 1.29 is 0 Å². The number of anilines is 2. The molecule has 7 nitrogen and oxygen atoms in total. The zero-order chi connectivity index (χ0) is 15.7. The second-order valence-corrected chi connectivity index (χ2v) is 5.05. The minimum atomic E-state index is -0.386. The van der Waals surface area contributed by atoms with E-state index in [4.69, 9.17) is 5.73 Å². The Morgan fingerprint density at radius 1 is 1.18 bits per heavy atom. The van der Waals surface area contributed by atoms with Crippen molar-refractivity contribution in [1.82, 2.24) is 19.9 Å². The maximum absolute atomic E-state index is 11.9. The summed E-state index contributed by atoms with van der Waals surface area (Å²) < 4.78 is 0. The Morgan fingerprint density at radius 3 is 2.64 bits per heavy atom. The maximum Gasteiger partial charge on any atom is 0.280 e. The van der Waals surface area contributed by atoms with E-state index in [0.29, 0.717) is 11.4 Å². The summed E-state index contributed by atoms with van der Waals surface area (Å²) in [6.45, 7) is 3.80. The smallest absolute Gasteiger partial charge is 0.280 e. The monoisotopic (exact) mass is 296 g/mol. The van der Waals surface area contributed by atoms with Gasteiger partial charge in [-0.3, -0.25) is 9.78 Å². The maximum atomic E-state index is 11.9. The molecule has 0 bridgehead atoms. The Balaban J connectivity index is 2.03. The highest BCUT2D eigenvalue weighted by Crippen LogP contribution is 2.20. The number of aromatic nitrogens is 4. The van der Waals surface area contributed by atoms with Crippen LogP contribution in [0.5, 0.6) is 0 Å². The molecule has 1 aromatic carbocycles. The van der Waals surface area contributed by atoms with Crippen LogP contribution >= 0.6 is 0 Å². The van der Waals surface area contributed by atoms with Crippen LogP contribution in [0.2, 0.25) is 0 Å². The highest BCUT2D eigenvalue weighted by atomic mass is 16.1. The number of hydrogen-bond donors (Lipinski definition) is 3. The third kappa shape index (κ3) is 2.60. The molecule has 0 aliphatic rings. The first-order valence-electron chi connectivity index (χ1n) is 6.90. The molecule has 0 saturated carbocycles. The summed E-state index contributed by atoms with van der Waals surface area (Å²) in [6, 6.07) is 9.69. The Kier molecular flexibility index (Phi) is 3.46. The van der Waals surface area contributed by atoms with Gasteiger partial charge in [0.2, 0.25) is 5.95 Å². The average molecular weight is 296 g/mol. The number of benzene rings is 1. The SMILES string of the molecule is Cc1nc2nc(N)[nH]c(=O)c2nc1C(C)Nc1ccccc1. The van der Waals surface area contributed by atoms with Gasteiger partial charge in [-0.1, -0.05) is 18.2 Å². The van der Waals surface area contributed by atoms with Crippen molar-refractivity contribution in [3.8, 4) is 0 Å². The fourth-order valence-electron chi connectivity index (χ4n) is 2.33. The molecule has 1 atom stereocenters. The summed E-state index contributed by atoms with van der Waals surface area (Å²) in [4.78, 5) is 27.2. The van der Waals surface area contributed by atoms with Crippen LogP contribution in [-0.2, 0) is 0 Å². The highest BCUT2D eigenvalue weighted by molar-refractivity contribution is 5.70. The molecule has 0 spiro atoms. The lowest BCUT2D eigenvalue weighted by atomic mass is 10.1. The standard InChI is InChI=1S/C15H16N6O/c1-8(17-10-6-4-3-5-7-10)11-9(2)18-13-12(19-11)14(22)21-15(16)20-13/h3-8,17H,1-2H3,(H3,16,18,20,21,22). The number of nitrogen functional groups attached to an aromatic ring is 1. The van der Waals surface area contributed by atoms with E-state index in [1.54, 1.807) is 0 Å². The number of aromatic amines is 1. The molecule has 3 rings (SSSR count). The van der Waals surface area contributed by atoms with Crippen LogP contribution in [0.25, 0.3) is 11.2 Å². The van der Waals surface area contributed by atoms with E-state index in [1.807, 2.05) is 44.2 Å². The Bertz CT molecular complexity index is 874. The molecular formula is C15H16N6O. The zero-order valence-electron chi connectivity index (χ0n) is 12.3. The number of rotatable bonds is 3. The minimum Gasteiger partial charge on any atom is -0.377 e. The first-order chi connectivity index (χ1) is 10.5. The molecule has 7 heteroatoms. The van der Waals surface area contributed by atoms with Crippen LogP contribution in [0.1, 0.15) is 24.4 Å². The molecule has 0 fully saturated rings. The molecule has 0 amide bonds. The van der Waals surface area contributed by atoms with Gasteiger partial charge in [-0.2, -0.15) is 4.98 Å². The van der Waals surface area contributed by atoms with Crippen LogP contribution in [0.15, 0.2) is 35.1 Å². The van der Waals surface area contributed by atoms with E-state index in [9.17, 15) is 4.79 Å². The fraction of sp³-hybridized carbons (Fsp3) is 0.200. The van der Waals surface area contributed by atoms with Gasteiger partial charge in [-0.15, -0.1) is 0 Å². The number of aryl methyl sites for hydroxylation is 1. The second-order valence-electron chi connectivity index (χ2n) is 5.05. The normalized spacial score (nSPS) is 12.3. The first kappa shape index (κ1) is 14.0. The van der Waals surface area contributed by atoms with Crippen LogP contribution in [0, 0.1) is 6.92 Å². The lowest BCUT2D eigenvalue weighted by molar-refractivity contribution is 0.819. The Hall–Kier alpha value is -2.96. The largest absolute Gasteiger partial charge is 0.377 e. The van der Waals surface area contributed by atoms with Crippen molar-refractivity contribution >= 4 is 22.8 Å². The van der Waals surface area contributed by atoms with Crippen molar-refractivity contribution in [2.45, 2.75) is 19.9 Å². The summed E-state index contributed by atoms with van der Waals surface area (Å²) in [5, 5.41) is 3.33. The third-order valence-electron chi connectivity index (χ3n) is 3.34. The number of H-pyrrole nitrogens is 1. The lowest BCUT2D eigenvalue weighted by Gasteiger charge is -2.16. The molecule has 2 aromatic heterocycles. The van der Waals surface area contributed by atoms with Crippen LogP contribution < -0.4 is 16.6 Å². The van der Waals surface area contributed by atoms with Gasteiger partial charge in [-0.25, -0.2) is 9.97 Å². The first-order valence-corrected chi connectivity index (χ1v) is 6.90. The Morgan fingerprint density at radius 2 is 1.91 bits per heavy atom. The van der Waals surface area contributed by atoms with E-state index in [0.717, 1.165) is 5.69 Å². The van der Waals surface area contributed by atoms with Crippen molar-refractivity contribution in [1.29, 1.82) is 0 Å². The second kappa shape index (κ2) is 5.44. The molecule has 0 aliphatic carbocycles. The summed E-state index contributed by atoms with van der Waals surface area (Å²) in [7, 11) is 0. The topological polar surface area (TPSA) is 110 Å². The van der Waals surface area contributed by atoms with Gasteiger partial charge in [0.25, 0.3) is 5.56 Å². The highest BCUT2D eigenvalue weighted by Gasteiger charge is 2.15. The summed E-state index contributed by atoms with van der Waals surface area (Å²) in [5.74, 6) is 0.0365. The molecule has 0 saturated heterocycles. The molecule has 0 aliphatic heterocycles. The quantitative estimate of drug-likeness (QED) is 0.679. The van der Waals surface area contributed by atoms with Crippen molar-refractivity contribution in [2.75, 3.05) is 11.1 Å². The van der Waals surface area contributed by atoms with Crippen LogP contribution in [0.4, 0.5) is 11.6 Å². The van der Waals surface area contributed by atoms with Gasteiger partial charge in [-0.05, 0) is 26.0 Å². The van der Waals surface area contributed by atoms with Gasteiger partial charge in [0, 0.05) is 5.69 Å². The van der Waals surface area contributed by atoms with Gasteiger partial charge in [0.05, 0.1) is 17.4 Å². The minimum absolute atomic E-state index is 0.0365. The molecule has 1 unspecified atom stereocenters. The van der Waals surface area contributed by atoms with Crippen molar-refractivity contribution in [3.05, 3.63) is 52.1 Å². The summed E-state index contributed by atoms with van der Waals surface area (Å²) >= 11 is 0. The fourth-order valence-corrected chi connectivity index (χ4v) is 2.33. The van der Waals surface area contributed by atoms with E-state index >= 15 is 0 Å². The predicted molar refractivity (Wildman–Crippen MR) is 85.6 cm³/mol. The number of nitrogens with two attached hydrogens (primary N) is 1. The number of nitrogens with zero attached hydrogens (tertiary/aromatic N) is 3. The van der Waals surface area contributed by atoms with Crippen LogP contribution in [0.3, 0.4) is 0 Å². The molecule has 22 heavy (non-hydrogen) atoms. The van der Waals surface area contributed by atoms with Gasteiger partial charge < -0.3 is 11.1 Å². The van der Waals surface area contributed by atoms with E-state index in [-0.39, 0.29) is 28.7 Å². The molecule has 112 valence electrons. The van der Waals surface area contributed by atoms with Gasteiger partial charge in [0.1, 0.15) is 0 Å². The van der Waals surface area contributed by atoms with Gasteiger partial charge >= 0.3 is 0 Å². The number of para-hydroxylation sites is 1. The number of hydrogen-bond acceptors (Lipinski definition) is 6. The van der Waals surface area contributed by atoms with Gasteiger partial charge in [0.15, 0.2) is 11.2 Å². The van der Waals surface area contributed by atoms with E-state index in [2.05, 4.69) is 25.3 Å². The average Bonchev–Trinajstić information content (AvgIpc) is 2.47. The van der Waals surface area contributed by atoms with E-state index in [1.165, 1.54) is 0 Å². The van der Waals surface area contributed by atoms with Crippen molar-refractivity contribution in [3.63, 3.8) is 0 Å². The predicted octanol–water partition coefficient (Wildman–Crippen LogP) is 1.78. The number of nitrogens with one attached hydrogen (secondary N) is 2. The van der Waals surface area contributed by atoms with E-state index < -0.39 is 0 Å². The molecule has 3 aromatic rings. The number of fused-ring (bicyclic) bond motifs is 1. The van der Waals surface area contributed by atoms with Crippen molar-refractivity contribution in [2.24, 2.45) is 0 Å². The molecule has 2 heterocycles. The van der Waals surface area contributed by atoms with Crippen LogP contribution in [-0.4, -0.2) is 19.9 Å². The zero-order valence-corrected chi connectivity index (χ0v) is 12.3. The summed E-state index contributed by atoms with van der Waals surface area (Å²) in [5.41, 5.74) is 7.98. The molecule has 0 radical (unpaired) electrons. The Labute approximate surface area is 126 Å². The molecule has 4 N–H and O–H groups in total. The molecular weight excluding hydrogens is 280 g/mol. The third-order valence-corrected chi connectivity index (χ3v) is 3.34. The lowest BCUT2D eigenvalue weighted by Crippen LogP contribution is -2.18.